The number of hydrogen-bond donors (Lipinski definition) is 2. The highest BCUT2D eigenvalue weighted by atomic mass is 19.1. The third-order valence-electron chi connectivity index (χ3n) is 4.44. The molecule has 2 aromatic rings. The molecule has 0 unspecified atom stereocenters. The molecule has 0 atom stereocenters. The zero-order chi connectivity index (χ0) is 19.8. The van der Waals surface area contributed by atoms with Crippen molar-refractivity contribution in [2.45, 2.75) is 6.92 Å². The third kappa shape index (κ3) is 6.14. The molecule has 0 aromatic heterocycles. The van der Waals surface area contributed by atoms with Gasteiger partial charge in [0.05, 0.1) is 19.8 Å². The Kier molecular flexibility index (Phi) is 7.11. The fourth-order valence-corrected chi connectivity index (χ4v) is 2.79. The Hall–Kier alpha value is -2.77. The van der Waals surface area contributed by atoms with Crippen LogP contribution in [0.15, 0.2) is 53.5 Å². The van der Waals surface area contributed by atoms with Gasteiger partial charge in [0, 0.05) is 30.9 Å². The summed E-state index contributed by atoms with van der Waals surface area (Å²) in [6, 6.07) is 13.2. The van der Waals surface area contributed by atoms with Gasteiger partial charge in [0.2, 0.25) is 5.96 Å². The van der Waals surface area contributed by atoms with E-state index < -0.39 is 0 Å². The highest BCUT2D eigenvalue weighted by Crippen LogP contribution is 2.09. The van der Waals surface area contributed by atoms with Crippen LogP contribution in [0.1, 0.15) is 15.9 Å². The first-order valence-corrected chi connectivity index (χ1v) is 9.35. The smallest absolute Gasteiger partial charge is 0.257 e. The summed E-state index contributed by atoms with van der Waals surface area (Å²) < 4.78 is 18.5. The van der Waals surface area contributed by atoms with Gasteiger partial charge in [-0.2, -0.15) is 0 Å². The van der Waals surface area contributed by atoms with Crippen molar-refractivity contribution in [1.29, 1.82) is 0 Å². The Morgan fingerprint density at radius 1 is 1.11 bits per heavy atom. The zero-order valence-electron chi connectivity index (χ0n) is 16.0. The molecular weight excluding hydrogens is 359 g/mol. The molecule has 3 rings (SSSR count). The number of hydrogen-bond acceptors (Lipinski definition) is 4. The van der Waals surface area contributed by atoms with Crippen LogP contribution in [-0.2, 0) is 4.74 Å². The largest absolute Gasteiger partial charge is 0.379 e. The van der Waals surface area contributed by atoms with Crippen molar-refractivity contribution in [3.05, 3.63) is 65.5 Å². The molecule has 148 valence electrons. The molecule has 1 amide bonds. The van der Waals surface area contributed by atoms with E-state index in [2.05, 4.69) is 20.5 Å². The number of rotatable bonds is 5. The van der Waals surface area contributed by atoms with E-state index in [4.69, 9.17) is 4.74 Å². The zero-order valence-corrected chi connectivity index (χ0v) is 16.0. The predicted molar refractivity (Wildman–Crippen MR) is 108 cm³/mol. The summed E-state index contributed by atoms with van der Waals surface area (Å²) in [5.74, 6) is -0.231. The number of nitrogens with zero attached hydrogens (tertiary/aromatic N) is 2. The SMILES string of the molecule is Cc1ccc(C(=O)NC(=NCCN2CCOCC2)Nc2ccc(F)cc2)cc1. The predicted octanol–water partition coefficient (Wildman–Crippen LogP) is 2.66. The number of nitrogens with one attached hydrogen (secondary N) is 2. The average Bonchev–Trinajstić information content (AvgIpc) is 2.71. The van der Waals surface area contributed by atoms with E-state index in [0.717, 1.165) is 38.4 Å². The number of amides is 1. The molecule has 7 heteroatoms. The number of carbonyl (C=O) groups excluding carboxylic acids is 1. The van der Waals surface area contributed by atoms with Crippen LogP contribution in [0.4, 0.5) is 10.1 Å². The monoisotopic (exact) mass is 384 g/mol. The lowest BCUT2D eigenvalue weighted by Crippen LogP contribution is -2.39. The molecule has 0 spiro atoms. The molecule has 0 saturated carbocycles. The summed E-state index contributed by atoms with van der Waals surface area (Å²) in [7, 11) is 0. The van der Waals surface area contributed by atoms with Crippen LogP contribution in [0.3, 0.4) is 0 Å². The van der Waals surface area contributed by atoms with Crippen LogP contribution in [-0.4, -0.2) is 56.2 Å². The van der Waals surface area contributed by atoms with E-state index >= 15 is 0 Å². The number of anilines is 1. The number of aryl methyl sites for hydroxylation is 1. The Balaban J connectivity index is 1.67. The van der Waals surface area contributed by atoms with Crippen molar-refractivity contribution in [2.75, 3.05) is 44.7 Å². The highest BCUT2D eigenvalue weighted by Gasteiger charge is 2.11. The van der Waals surface area contributed by atoms with Gasteiger partial charge < -0.3 is 10.1 Å². The van der Waals surface area contributed by atoms with E-state index in [1.54, 1.807) is 24.3 Å². The van der Waals surface area contributed by atoms with Crippen molar-refractivity contribution in [1.82, 2.24) is 10.2 Å². The first kappa shape index (κ1) is 20.0. The number of carbonyl (C=O) groups is 1. The van der Waals surface area contributed by atoms with Gasteiger partial charge in [0.25, 0.3) is 5.91 Å². The molecule has 1 saturated heterocycles. The molecule has 0 aliphatic carbocycles. The maximum absolute atomic E-state index is 13.2. The minimum Gasteiger partial charge on any atom is -0.379 e. The van der Waals surface area contributed by atoms with Crippen LogP contribution in [0.2, 0.25) is 0 Å². The van der Waals surface area contributed by atoms with Crippen molar-refractivity contribution >= 4 is 17.6 Å². The molecule has 1 fully saturated rings. The van der Waals surface area contributed by atoms with Gasteiger partial charge in [-0.1, -0.05) is 17.7 Å². The second kappa shape index (κ2) is 9.96. The number of morpholine rings is 1. The summed E-state index contributed by atoms with van der Waals surface area (Å²) in [6.45, 7) is 6.49. The standard InChI is InChI=1S/C21H25FN4O2/c1-16-2-4-17(5-3-16)20(27)25-21(24-19-8-6-18(22)7-9-19)23-10-11-26-12-14-28-15-13-26/h2-9H,10-15H2,1H3,(H2,23,24,25,27). The molecule has 0 radical (unpaired) electrons. The minimum atomic E-state index is -0.319. The lowest BCUT2D eigenvalue weighted by molar-refractivity contribution is 0.0394. The molecule has 1 aliphatic heterocycles. The van der Waals surface area contributed by atoms with Crippen molar-refractivity contribution in [3.63, 3.8) is 0 Å². The summed E-state index contributed by atoms with van der Waals surface area (Å²) >= 11 is 0. The number of halogens is 1. The molecule has 2 N–H and O–H groups in total. The molecule has 0 bridgehead atoms. The summed E-state index contributed by atoms with van der Waals surface area (Å²) in [4.78, 5) is 19.3. The molecule has 1 aliphatic rings. The fraction of sp³-hybridized carbons (Fsp3) is 0.333. The number of benzene rings is 2. The summed E-state index contributed by atoms with van der Waals surface area (Å²) in [5.41, 5.74) is 2.28. The number of guanidine groups is 1. The van der Waals surface area contributed by atoms with Gasteiger partial charge in [0.15, 0.2) is 0 Å². The van der Waals surface area contributed by atoms with Gasteiger partial charge in [-0.05, 0) is 43.3 Å². The van der Waals surface area contributed by atoms with Crippen LogP contribution in [0.5, 0.6) is 0 Å². The van der Waals surface area contributed by atoms with E-state index in [1.165, 1.54) is 12.1 Å². The Labute approximate surface area is 164 Å². The van der Waals surface area contributed by atoms with Crippen molar-refractivity contribution in [2.24, 2.45) is 4.99 Å². The van der Waals surface area contributed by atoms with Gasteiger partial charge in [-0.3, -0.25) is 20.0 Å². The van der Waals surface area contributed by atoms with Gasteiger partial charge in [-0.25, -0.2) is 4.39 Å². The van der Waals surface area contributed by atoms with Crippen LogP contribution in [0.25, 0.3) is 0 Å². The van der Waals surface area contributed by atoms with Crippen LogP contribution < -0.4 is 10.6 Å². The van der Waals surface area contributed by atoms with Crippen LogP contribution >= 0.6 is 0 Å². The average molecular weight is 384 g/mol. The minimum absolute atomic E-state index is 0.250. The maximum Gasteiger partial charge on any atom is 0.257 e. The normalized spacial score (nSPS) is 15.3. The lowest BCUT2D eigenvalue weighted by atomic mass is 10.1. The Bertz CT molecular complexity index is 800. The molecule has 28 heavy (non-hydrogen) atoms. The topological polar surface area (TPSA) is 66.0 Å². The summed E-state index contributed by atoms with van der Waals surface area (Å²) in [5, 5.41) is 5.88. The van der Waals surface area contributed by atoms with Gasteiger partial charge in [0.1, 0.15) is 5.82 Å². The van der Waals surface area contributed by atoms with Crippen molar-refractivity contribution in [3.8, 4) is 0 Å². The fourth-order valence-electron chi connectivity index (χ4n) is 2.79. The molecule has 2 aromatic carbocycles. The molecular formula is C21H25FN4O2. The van der Waals surface area contributed by atoms with E-state index in [9.17, 15) is 9.18 Å². The quantitative estimate of drug-likeness (QED) is 0.615. The number of aliphatic imine (C=N–C) groups is 1. The second-order valence-corrected chi connectivity index (χ2v) is 6.64. The molecule has 1 heterocycles. The van der Waals surface area contributed by atoms with E-state index in [1.807, 2.05) is 19.1 Å². The Morgan fingerprint density at radius 3 is 2.46 bits per heavy atom. The summed E-state index contributed by atoms with van der Waals surface area (Å²) in [6.07, 6.45) is 0. The molecule has 6 nitrogen and oxygen atoms in total. The second-order valence-electron chi connectivity index (χ2n) is 6.64. The first-order valence-electron chi connectivity index (χ1n) is 9.35. The number of ether oxygens (including phenoxy) is 1. The van der Waals surface area contributed by atoms with Crippen molar-refractivity contribution < 1.29 is 13.9 Å². The Morgan fingerprint density at radius 2 is 1.79 bits per heavy atom. The van der Waals surface area contributed by atoms with E-state index in [0.29, 0.717) is 23.8 Å². The van der Waals surface area contributed by atoms with E-state index in [-0.39, 0.29) is 11.7 Å². The first-order chi connectivity index (χ1) is 13.6. The van der Waals surface area contributed by atoms with Gasteiger partial charge in [-0.15, -0.1) is 0 Å². The third-order valence-corrected chi connectivity index (χ3v) is 4.44. The highest BCUT2D eigenvalue weighted by molar-refractivity contribution is 6.09. The maximum atomic E-state index is 13.2. The lowest BCUT2D eigenvalue weighted by Gasteiger charge is -2.25. The van der Waals surface area contributed by atoms with Crippen LogP contribution in [0, 0.1) is 12.7 Å². The van der Waals surface area contributed by atoms with Gasteiger partial charge >= 0.3 is 0 Å².